The molecule has 136 valence electrons. The Morgan fingerprint density at radius 2 is 1.79 bits per heavy atom. The van der Waals surface area contributed by atoms with Gasteiger partial charge in [0.25, 0.3) is 0 Å². The summed E-state index contributed by atoms with van der Waals surface area (Å²) in [5.74, 6) is 1.79. The summed E-state index contributed by atoms with van der Waals surface area (Å²) < 4.78 is 4.61. The first-order valence-corrected chi connectivity index (χ1v) is 9.58. The molecule has 0 amide bonds. The lowest BCUT2D eigenvalue weighted by Gasteiger charge is -1.97. The van der Waals surface area contributed by atoms with E-state index in [0.717, 1.165) is 50.4 Å². The lowest BCUT2D eigenvalue weighted by Crippen LogP contribution is -1.98. The Labute approximate surface area is 147 Å². The van der Waals surface area contributed by atoms with E-state index >= 15 is 0 Å². The molecule has 0 aliphatic heterocycles. The van der Waals surface area contributed by atoms with Crippen molar-refractivity contribution in [1.82, 2.24) is 0 Å². The van der Waals surface area contributed by atoms with Crippen molar-refractivity contribution in [3.63, 3.8) is 0 Å². The Balaban J connectivity index is 1.97. The number of rotatable bonds is 14. The summed E-state index contributed by atoms with van der Waals surface area (Å²) in [6, 6.07) is 0. The number of ketones is 1. The molecule has 0 spiro atoms. The van der Waals surface area contributed by atoms with Crippen molar-refractivity contribution in [1.29, 1.82) is 0 Å². The third-order valence-corrected chi connectivity index (χ3v) is 4.69. The fourth-order valence-electron chi connectivity index (χ4n) is 2.97. The predicted octanol–water partition coefficient (Wildman–Crippen LogP) is 5.40. The zero-order valence-electron chi connectivity index (χ0n) is 15.5. The third kappa shape index (κ3) is 10.4. The highest BCUT2D eigenvalue weighted by Gasteiger charge is 2.34. The van der Waals surface area contributed by atoms with Gasteiger partial charge in [-0.15, -0.1) is 0 Å². The van der Waals surface area contributed by atoms with Crippen molar-refractivity contribution in [2.45, 2.75) is 77.6 Å². The van der Waals surface area contributed by atoms with Crippen molar-refractivity contribution in [3.05, 3.63) is 24.3 Å². The zero-order valence-corrected chi connectivity index (χ0v) is 15.5. The number of carbonyl (C=O) groups is 2. The van der Waals surface area contributed by atoms with Gasteiger partial charge in [0.05, 0.1) is 7.11 Å². The number of unbranched alkanes of at least 4 members (excludes halogenated alkanes) is 3. The quantitative estimate of drug-likeness (QED) is 0.185. The summed E-state index contributed by atoms with van der Waals surface area (Å²) in [7, 11) is 1.43. The predicted molar refractivity (Wildman–Crippen MR) is 98.7 cm³/mol. The fourth-order valence-corrected chi connectivity index (χ4v) is 2.97. The van der Waals surface area contributed by atoms with Gasteiger partial charge < -0.3 is 4.74 Å². The van der Waals surface area contributed by atoms with Crippen LogP contribution in [-0.2, 0) is 14.3 Å². The van der Waals surface area contributed by atoms with Crippen molar-refractivity contribution < 1.29 is 14.3 Å². The van der Waals surface area contributed by atoms with Gasteiger partial charge in [-0.05, 0) is 62.9 Å². The molecule has 1 aliphatic rings. The van der Waals surface area contributed by atoms with E-state index in [1.54, 1.807) is 6.08 Å². The molecule has 0 N–H and O–H groups in total. The van der Waals surface area contributed by atoms with Gasteiger partial charge in [-0.3, -0.25) is 9.59 Å². The van der Waals surface area contributed by atoms with E-state index in [1.165, 1.54) is 26.4 Å². The minimum Gasteiger partial charge on any atom is -0.469 e. The lowest BCUT2D eigenvalue weighted by molar-refractivity contribution is -0.140. The van der Waals surface area contributed by atoms with Gasteiger partial charge in [-0.1, -0.05) is 38.0 Å². The molecule has 3 heteroatoms. The summed E-state index contributed by atoms with van der Waals surface area (Å²) in [5.41, 5.74) is 0. The minimum atomic E-state index is -0.124. The topological polar surface area (TPSA) is 43.4 Å². The number of allylic oxidation sites excluding steroid dienone is 4. The van der Waals surface area contributed by atoms with E-state index in [-0.39, 0.29) is 11.8 Å². The Bertz CT molecular complexity index is 423. The molecule has 0 aromatic carbocycles. The van der Waals surface area contributed by atoms with Crippen LogP contribution in [0.25, 0.3) is 0 Å². The number of hydrogen-bond acceptors (Lipinski definition) is 3. The van der Waals surface area contributed by atoms with E-state index in [0.29, 0.717) is 12.8 Å². The smallest absolute Gasteiger partial charge is 0.305 e. The molecule has 1 saturated carbocycles. The van der Waals surface area contributed by atoms with Crippen molar-refractivity contribution in [2.75, 3.05) is 7.11 Å². The van der Waals surface area contributed by atoms with Gasteiger partial charge in [0.2, 0.25) is 0 Å². The van der Waals surface area contributed by atoms with Crippen LogP contribution >= 0.6 is 0 Å². The monoisotopic (exact) mass is 334 g/mol. The molecule has 0 aromatic rings. The maximum absolute atomic E-state index is 11.6. The second-order valence-electron chi connectivity index (χ2n) is 6.83. The first-order chi connectivity index (χ1) is 11.7. The fraction of sp³-hybridized carbons (Fsp3) is 0.714. The Morgan fingerprint density at radius 3 is 2.54 bits per heavy atom. The molecule has 24 heavy (non-hydrogen) atoms. The molecule has 0 unspecified atom stereocenters. The van der Waals surface area contributed by atoms with Gasteiger partial charge in [-0.2, -0.15) is 0 Å². The van der Waals surface area contributed by atoms with Crippen LogP contribution in [0.3, 0.4) is 0 Å². The molecule has 0 aromatic heterocycles. The van der Waals surface area contributed by atoms with E-state index in [9.17, 15) is 9.59 Å². The van der Waals surface area contributed by atoms with Crippen molar-refractivity contribution in [3.8, 4) is 0 Å². The van der Waals surface area contributed by atoms with Crippen LogP contribution < -0.4 is 0 Å². The highest BCUT2D eigenvalue weighted by Crippen LogP contribution is 2.44. The van der Waals surface area contributed by atoms with Crippen LogP contribution in [0.4, 0.5) is 0 Å². The molecular formula is C21H34O3. The summed E-state index contributed by atoms with van der Waals surface area (Å²) in [4.78, 5) is 22.6. The molecule has 0 heterocycles. The molecule has 0 saturated heterocycles. The average molecular weight is 335 g/mol. The van der Waals surface area contributed by atoms with Crippen LogP contribution in [0, 0.1) is 11.8 Å². The normalized spacial score (nSPS) is 19.9. The second-order valence-corrected chi connectivity index (χ2v) is 6.83. The summed E-state index contributed by atoms with van der Waals surface area (Å²) in [6.45, 7) is 2.16. The molecule has 1 aliphatic carbocycles. The molecule has 0 radical (unpaired) electrons. The number of ether oxygens (including phenoxy) is 1. The Hall–Kier alpha value is -1.38. The van der Waals surface area contributed by atoms with Crippen molar-refractivity contribution in [2.24, 2.45) is 11.8 Å². The van der Waals surface area contributed by atoms with Crippen LogP contribution in [0.5, 0.6) is 0 Å². The van der Waals surface area contributed by atoms with Gasteiger partial charge in [-0.25, -0.2) is 0 Å². The first-order valence-electron chi connectivity index (χ1n) is 9.58. The lowest BCUT2D eigenvalue weighted by atomic mass is 10.1. The van der Waals surface area contributed by atoms with E-state index in [4.69, 9.17) is 0 Å². The third-order valence-electron chi connectivity index (χ3n) is 4.69. The van der Waals surface area contributed by atoms with Gasteiger partial charge >= 0.3 is 5.97 Å². The number of esters is 1. The average Bonchev–Trinajstić information content (AvgIpc) is 3.32. The standard InChI is InChI=1S/C21H34O3/c1-3-4-8-14-20(22)15-11-13-19-17-18(19)12-9-6-5-7-10-16-21(23)24-2/h5-6,11,15,18-19H,3-4,7-10,12-14,16-17H2,1-2H3/b6-5-,15-11+/t18-,19-/m0/s1. The van der Waals surface area contributed by atoms with Crippen molar-refractivity contribution >= 4 is 11.8 Å². The number of methoxy groups -OCH3 is 1. The highest BCUT2D eigenvalue weighted by molar-refractivity contribution is 5.89. The minimum absolute atomic E-state index is 0.124. The zero-order chi connectivity index (χ0) is 17.6. The number of hydrogen-bond donors (Lipinski definition) is 0. The Kier molecular flexibility index (Phi) is 11.2. The Morgan fingerprint density at radius 1 is 1.00 bits per heavy atom. The van der Waals surface area contributed by atoms with E-state index in [1.807, 2.05) is 0 Å². The van der Waals surface area contributed by atoms with Crippen LogP contribution in [0.15, 0.2) is 24.3 Å². The number of carbonyl (C=O) groups excluding carboxylic acids is 2. The SMILES string of the molecule is CCCCCC(=O)/C=C/C[C@H]1C[C@@H]1CC/C=C\CCCC(=O)OC. The summed E-state index contributed by atoms with van der Waals surface area (Å²) in [6.07, 6.45) is 19.4. The first kappa shape index (κ1) is 20.7. The largest absolute Gasteiger partial charge is 0.469 e. The highest BCUT2D eigenvalue weighted by atomic mass is 16.5. The van der Waals surface area contributed by atoms with Crippen LogP contribution in [0.1, 0.15) is 77.6 Å². The maximum Gasteiger partial charge on any atom is 0.305 e. The molecule has 3 nitrogen and oxygen atoms in total. The van der Waals surface area contributed by atoms with E-state index in [2.05, 4.69) is 29.9 Å². The molecule has 1 rings (SSSR count). The molecule has 2 atom stereocenters. The van der Waals surface area contributed by atoms with Crippen LogP contribution in [-0.4, -0.2) is 18.9 Å². The molecule has 1 fully saturated rings. The maximum atomic E-state index is 11.6. The van der Waals surface area contributed by atoms with Gasteiger partial charge in [0.15, 0.2) is 5.78 Å². The summed E-state index contributed by atoms with van der Waals surface area (Å²) in [5, 5.41) is 0. The molecule has 0 bridgehead atoms. The van der Waals surface area contributed by atoms with E-state index < -0.39 is 0 Å². The van der Waals surface area contributed by atoms with Gasteiger partial charge in [0, 0.05) is 12.8 Å². The summed E-state index contributed by atoms with van der Waals surface area (Å²) >= 11 is 0. The van der Waals surface area contributed by atoms with Gasteiger partial charge in [0.1, 0.15) is 0 Å². The second kappa shape index (κ2) is 13.0. The molecular weight excluding hydrogens is 300 g/mol. The van der Waals surface area contributed by atoms with Crippen LogP contribution in [0.2, 0.25) is 0 Å².